The quantitative estimate of drug-likeness (QED) is 0.490. The van der Waals surface area contributed by atoms with Crippen LogP contribution in [-0.2, 0) is 0 Å². The lowest BCUT2D eigenvalue weighted by molar-refractivity contribution is 0.0716. The third-order valence-electron chi connectivity index (χ3n) is 5.64. The highest BCUT2D eigenvalue weighted by Gasteiger charge is 2.27. The number of nitrogens with zero attached hydrogens (tertiary/aromatic N) is 4. The number of ether oxygens (including phenoxy) is 1. The summed E-state index contributed by atoms with van der Waals surface area (Å²) in [6.45, 7) is 1.48. The van der Waals surface area contributed by atoms with E-state index in [1.807, 2.05) is 69.5 Å². The van der Waals surface area contributed by atoms with Gasteiger partial charge in [0.05, 0.1) is 12.0 Å². The smallest absolute Gasteiger partial charge is 0.263 e. The number of rotatable bonds is 4. The Morgan fingerprint density at radius 2 is 1.93 bits per heavy atom. The zero-order chi connectivity index (χ0) is 20.5. The second kappa shape index (κ2) is 7.91. The van der Waals surface area contributed by atoms with Gasteiger partial charge in [-0.15, -0.1) is 11.3 Å². The summed E-state index contributed by atoms with van der Waals surface area (Å²) in [5.74, 6) is 2.09. The average Bonchev–Trinajstić information content (AvgIpc) is 3.48. The van der Waals surface area contributed by atoms with Crippen LogP contribution in [0.4, 0.5) is 0 Å². The summed E-state index contributed by atoms with van der Waals surface area (Å²) in [6, 6.07) is 15.8. The van der Waals surface area contributed by atoms with Crippen LogP contribution in [0, 0.1) is 0 Å². The molecule has 0 saturated carbocycles. The lowest BCUT2D eigenvalue weighted by atomic mass is 9.96. The van der Waals surface area contributed by atoms with Gasteiger partial charge in [-0.25, -0.2) is 9.50 Å². The molecule has 0 atom stereocenters. The van der Waals surface area contributed by atoms with Gasteiger partial charge >= 0.3 is 0 Å². The monoisotopic (exact) mass is 418 g/mol. The van der Waals surface area contributed by atoms with Gasteiger partial charge in [0.2, 0.25) is 0 Å². The molecule has 0 radical (unpaired) electrons. The van der Waals surface area contributed by atoms with Crippen LogP contribution in [0.1, 0.15) is 34.3 Å². The van der Waals surface area contributed by atoms with Gasteiger partial charge in [-0.05, 0) is 42.5 Å². The number of likely N-dealkylation sites (tertiary alicyclic amines) is 1. The van der Waals surface area contributed by atoms with E-state index in [2.05, 4.69) is 0 Å². The van der Waals surface area contributed by atoms with Crippen LogP contribution in [0.25, 0.3) is 16.8 Å². The van der Waals surface area contributed by atoms with E-state index in [1.54, 1.807) is 7.11 Å². The Kier molecular flexibility index (Phi) is 4.96. The average molecular weight is 419 g/mol. The van der Waals surface area contributed by atoms with Crippen molar-refractivity contribution < 1.29 is 9.53 Å². The number of methoxy groups -OCH3 is 1. The number of piperidine rings is 1. The summed E-state index contributed by atoms with van der Waals surface area (Å²) in [6.07, 6.45) is 3.76. The maximum Gasteiger partial charge on any atom is 0.263 e. The van der Waals surface area contributed by atoms with Crippen LogP contribution >= 0.6 is 11.3 Å². The van der Waals surface area contributed by atoms with Crippen LogP contribution in [-0.4, -0.2) is 45.6 Å². The summed E-state index contributed by atoms with van der Waals surface area (Å²) in [5, 5.41) is 6.71. The Hall–Kier alpha value is -3.19. The van der Waals surface area contributed by atoms with E-state index in [4.69, 9.17) is 14.8 Å². The van der Waals surface area contributed by atoms with E-state index < -0.39 is 0 Å². The molecule has 4 aromatic rings. The van der Waals surface area contributed by atoms with E-state index in [1.165, 1.54) is 11.3 Å². The van der Waals surface area contributed by atoms with Crippen LogP contribution in [0.5, 0.6) is 5.75 Å². The normalized spacial score (nSPS) is 14.9. The molecule has 0 bridgehead atoms. The lowest BCUT2D eigenvalue weighted by Gasteiger charge is -2.30. The van der Waals surface area contributed by atoms with Crippen molar-refractivity contribution in [2.45, 2.75) is 18.8 Å². The molecule has 7 heteroatoms. The first-order valence-electron chi connectivity index (χ1n) is 10.1. The van der Waals surface area contributed by atoms with Crippen molar-refractivity contribution in [3.8, 4) is 16.9 Å². The lowest BCUT2D eigenvalue weighted by Crippen LogP contribution is -2.37. The minimum atomic E-state index is 0.132. The van der Waals surface area contributed by atoms with Gasteiger partial charge in [0.25, 0.3) is 5.91 Å². The highest BCUT2D eigenvalue weighted by atomic mass is 32.1. The first-order valence-corrected chi connectivity index (χ1v) is 10.9. The van der Waals surface area contributed by atoms with Gasteiger partial charge in [-0.2, -0.15) is 5.10 Å². The standard InChI is InChI=1S/C23H22N4O2S/c1-29-19-6-3-2-5-18(19)17-8-9-21-24-22(25-27(21)15-17)16-10-12-26(13-11-16)23(28)20-7-4-14-30-20/h2-9,14-16H,10-13H2,1H3. The maximum absolute atomic E-state index is 12.6. The minimum Gasteiger partial charge on any atom is -0.496 e. The van der Waals surface area contributed by atoms with Crippen molar-refractivity contribution in [1.29, 1.82) is 0 Å². The number of carbonyl (C=O) groups excluding carboxylic acids is 1. The summed E-state index contributed by atoms with van der Waals surface area (Å²) < 4.78 is 7.34. The molecule has 1 aromatic carbocycles. The number of pyridine rings is 1. The summed E-state index contributed by atoms with van der Waals surface area (Å²) in [4.78, 5) is 20.1. The molecule has 1 aliphatic rings. The number of carbonyl (C=O) groups is 1. The van der Waals surface area contributed by atoms with Gasteiger partial charge in [-0.1, -0.05) is 24.3 Å². The molecule has 30 heavy (non-hydrogen) atoms. The Labute approximate surface area is 178 Å². The second-order valence-corrected chi connectivity index (χ2v) is 8.38. The Balaban J connectivity index is 1.34. The Bertz CT molecular complexity index is 1180. The number of fused-ring (bicyclic) bond motifs is 1. The molecule has 0 aliphatic carbocycles. The van der Waals surface area contributed by atoms with Crippen molar-refractivity contribution in [2.24, 2.45) is 0 Å². The van der Waals surface area contributed by atoms with E-state index in [0.717, 1.165) is 59.2 Å². The highest BCUT2D eigenvalue weighted by molar-refractivity contribution is 7.12. The molecule has 0 N–H and O–H groups in total. The number of hydrogen-bond donors (Lipinski definition) is 0. The summed E-state index contributed by atoms with van der Waals surface area (Å²) >= 11 is 1.50. The first kappa shape index (κ1) is 18.8. The highest BCUT2D eigenvalue weighted by Crippen LogP contribution is 2.31. The topological polar surface area (TPSA) is 59.7 Å². The molecule has 152 valence electrons. The number of aromatic nitrogens is 3. The molecule has 3 aromatic heterocycles. The molecule has 1 amide bonds. The van der Waals surface area contributed by atoms with Gasteiger partial charge in [0, 0.05) is 36.3 Å². The number of thiophene rings is 1. The predicted molar refractivity (Wildman–Crippen MR) is 117 cm³/mol. The van der Waals surface area contributed by atoms with Gasteiger partial charge in [0.15, 0.2) is 11.5 Å². The minimum absolute atomic E-state index is 0.132. The molecule has 6 nitrogen and oxygen atoms in total. The summed E-state index contributed by atoms with van der Waals surface area (Å²) in [7, 11) is 1.68. The molecule has 1 aliphatic heterocycles. The number of para-hydroxylation sites is 1. The van der Waals surface area contributed by atoms with Crippen LogP contribution in [0.2, 0.25) is 0 Å². The van der Waals surface area contributed by atoms with Crippen LogP contribution in [0.15, 0.2) is 60.1 Å². The Morgan fingerprint density at radius 1 is 1.10 bits per heavy atom. The maximum atomic E-state index is 12.6. The first-order chi connectivity index (χ1) is 14.7. The molecule has 1 fully saturated rings. The van der Waals surface area contributed by atoms with Crippen molar-refractivity contribution in [1.82, 2.24) is 19.5 Å². The molecular weight excluding hydrogens is 396 g/mol. The predicted octanol–water partition coefficient (Wildman–Crippen LogP) is 4.49. The van der Waals surface area contributed by atoms with E-state index >= 15 is 0 Å². The summed E-state index contributed by atoms with van der Waals surface area (Å²) in [5.41, 5.74) is 2.90. The van der Waals surface area contributed by atoms with E-state index in [9.17, 15) is 4.79 Å². The number of benzene rings is 1. The fraction of sp³-hybridized carbons (Fsp3) is 0.261. The fourth-order valence-electron chi connectivity index (χ4n) is 4.01. The van der Waals surface area contributed by atoms with Crippen LogP contribution in [0.3, 0.4) is 0 Å². The van der Waals surface area contributed by atoms with Gasteiger partial charge in [0.1, 0.15) is 5.75 Å². The third kappa shape index (κ3) is 3.45. The second-order valence-electron chi connectivity index (χ2n) is 7.43. The largest absolute Gasteiger partial charge is 0.496 e. The van der Waals surface area contributed by atoms with Crippen molar-refractivity contribution >= 4 is 22.9 Å². The van der Waals surface area contributed by atoms with Gasteiger partial charge in [-0.3, -0.25) is 4.79 Å². The molecule has 0 spiro atoms. The molecule has 5 rings (SSSR count). The van der Waals surface area contributed by atoms with Crippen LogP contribution < -0.4 is 4.74 Å². The third-order valence-corrected chi connectivity index (χ3v) is 6.50. The van der Waals surface area contributed by atoms with Gasteiger partial charge < -0.3 is 9.64 Å². The number of amides is 1. The SMILES string of the molecule is COc1ccccc1-c1ccc2nc(C3CCN(C(=O)c4cccs4)CC3)nn2c1. The molecule has 0 unspecified atom stereocenters. The zero-order valence-corrected chi connectivity index (χ0v) is 17.5. The molecule has 4 heterocycles. The fourth-order valence-corrected chi connectivity index (χ4v) is 4.70. The van der Waals surface area contributed by atoms with Crippen molar-refractivity contribution in [2.75, 3.05) is 20.2 Å². The van der Waals surface area contributed by atoms with Crippen molar-refractivity contribution in [3.05, 3.63) is 70.8 Å². The molecular formula is C23H22N4O2S. The number of hydrogen-bond acceptors (Lipinski definition) is 5. The zero-order valence-electron chi connectivity index (χ0n) is 16.7. The molecule has 1 saturated heterocycles. The van der Waals surface area contributed by atoms with Crippen molar-refractivity contribution in [3.63, 3.8) is 0 Å². The Morgan fingerprint density at radius 3 is 2.70 bits per heavy atom. The van der Waals surface area contributed by atoms with E-state index in [0.29, 0.717) is 0 Å². The van der Waals surface area contributed by atoms with E-state index in [-0.39, 0.29) is 11.8 Å².